The molecule has 1 fully saturated rings. The summed E-state index contributed by atoms with van der Waals surface area (Å²) in [4.78, 5) is 56.8. The Hall–Kier alpha value is -3.27. The summed E-state index contributed by atoms with van der Waals surface area (Å²) in [6.07, 6.45) is 2.05. The molecule has 0 bridgehead atoms. The zero-order valence-corrected chi connectivity index (χ0v) is 24.3. The Morgan fingerprint density at radius 2 is 1.79 bits per heavy atom. The number of carbonyl (C=O) groups excluding carboxylic acids is 4. The summed E-state index contributed by atoms with van der Waals surface area (Å²) < 4.78 is 10.5. The molecule has 4 atom stereocenters. The maximum absolute atomic E-state index is 13.1. The number of carbonyl (C=O) groups is 4. The van der Waals surface area contributed by atoms with Gasteiger partial charge in [0.2, 0.25) is 5.91 Å². The molecule has 3 rings (SSSR count). The summed E-state index contributed by atoms with van der Waals surface area (Å²) >= 11 is 1.20. The Bertz CT molecular complexity index is 1150. The van der Waals surface area contributed by atoms with Crippen LogP contribution in [-0.2, 0) is 30.3 Å². The van der Waals surface area contributed by atoms with E-state index in [-0.39, 0.29) is 35.9 Å². The predicted molar refractivity (Wildman–Crippen MR) is 148 cm³/mol. The number of hydrogen-bond acceptors (Lipinski definition) is 8. The van der Waals surface area contributed by atoms with Crippen LogP contribution in [0.25, 0.3) is 0 Å². The number of ether oxygens (including phenoxy) is 2. The smallest absolute Gasteiger partial charge is 0.328 e. The van der Waals surface area contributed by atoms with E-state index in [4.69, 9.17) is 9.47 Å². The van der Waals surface area contributed by atoms with E-state index in [0.717, 1.165) is 18.4 Å². The van der Waals surface area contributed by atoms with E-state index in [0.29, 0.717) is 17.3 Å². The third-order valence-electron chi connectivity index (χ3n) is 7.20. The highest BCUT2D eigenvalue weighted by atomic mass is 32.1. The lowest BCUT2D eigenvalue weighted by Gasteiger charge is -2.35. The van der Waals surface area contributed by atoms with E-state index < -0.39 is 30.0 Å². The van der Waals surface area contributed by atoms with Gasteiger partial charge in [0.05, 0.1) is 7.11 Å². The van der Waals surface area contributed by atoms with E-state index in [2.05, 4.69) is 10.3 Å². The first-order valence-corrected chi connectivity index (χ1v) is 14.2. The van der Waals surface area contributed by atoms with Crippen LogP contribution in [0, 0.1) is 17.8 Å². The van der Waals surface area contributed by atoms with Gasteiger partial charge in [-0.05, 0) is 30.2 Å². The Morgan fingerprint density at radius 1 is 1.13 bits per heavy atom. The van der Waals surface area contributed by atoms with Crippen molar-refractivity contribution >= 4 is 35.1 Å². The lowest BCUT2D eigenvalue weighted by atomic mass is 9.94. The Labute approximate surface area is 234 Å². The van der Waals surface area contributed by atoms with Gasteiger partial charge in [-0.2, -0.15) is 0 Å². The highest BCUT2D eigenvalue weighted by Crippen LogP contribution is 2.38. The Balaban J connectivity index is 1.76. The van der Waals surface area contributed by atoms with E-state index in [1.807, 2.05) is 51.1 Å². The maximum atomic E-state index is 13.1. The van der Waals surface area contributed by atoms with Crippen molar-refractivity contribution in [1.82, 2.24) is 15.2 Å². The lowest BCUT2D eigenvalue weighted by molar-refractivity contribution is -0.149. The number of methoxy groups -OCH3 is 1. The molecule has 10 heteroatoms. The standard InChI is InChI=1S/C29H39N3O6S/c1-17(2)24(32(5)28(35)18(3)21-12-13-21)15-25(38-19(4)33)27-31-23(16-39-27)26(34)30-22(29(36)37-6)14-20-10-8-7-9-11-20/h7-11,16-18,21-22,24-25H,12-15H2,1-6H3,(H,30,34)/t18-,22-,24+,25+/m0/s1. The molecule has 212 valence electrons. The zero-order valence-electron chi connectivity index (χ0n) is 23.5. The number of hydrogen-bond donors (Lipinski definition) is 1. The van der Waals surface area contributed by atoms with Gasteiger partial charge in [0, 0.05) is 44.2 Å². The molecule has 1 heterocycles. The molecule has 0 radical (unpaired) electrons. The van der Waals surface area contributed by atoms with Crippen LogP contribution in [0.5, 0.6) is 0 Å². The predicted octanol–water partition coefficient (Wildman–Crippen LogP) is 4.18. The number of thiazole rings is 1. The van der Waals surface area contributed by atoms with Gasteiger partial charge in [-0.1, -0.05) is 51.1 Å². The fourth-order valence-electron chi connectivity index (χ4n) is 4.74. The molecule has 0 saturated heterocycles. The van der Waals surface area contributed by atoms with Gasteiger partial charge < -0.3 is 19.7 Å². The average Bonchev–Trinajstić information content (AvgIpc) is 3.64. The van der Waals surface area contributed by atoms with Crippen molar-refractivity contribution in [2.24, 2.45) is 17.8 Å². The number of rotatable bonds is 13. The second-order valence-corrected chi connectivity index (χ2v) is 11.4. The van der Waals surface area contributed by atoms with Crippen molar-refractivity contribution in [3.8, 4) is 0 Å². The minimum Gasteiger partial charge on any atom is -0.467 e. The molecular formula is C29H39N3O6S. The Morgan fingerprint density at radius 3 is 2.36 bits per heavy atom. The quantitative estimate of drug-likeness (QED) is 0.368. The molecule has 1 aliphatic carbocycles. The first-order chi connectivity index (χ1) is 18.5. The second kappa shape index (κ2) is 13.7. The van der Waals surface area contributed by atoms with E-state index in [1.165, 1.54) is 25.4 Å². The molecule has 1 N–H and O–H groups in total. The van der Waals surface area contributed by atoms with Gasteiger partial charge in [-0.15, -0.1) is 11.3 Å². The third kappa shape index (κ3) is 8.36. The van der Waals surface area contributed by atoms with Crippen LogP contribution < -0.4 is 5.32 Å². The van der Waals surface area contributed by atoms with E-state index in [1.54, 1.807) is 17.3 Å². The van der Waals surface area contributed by atoms with Gasteiger partial charge in [-0.25, -0.2) is 9.78 Å². The van der Waals surface area contributed by atoms with E-state index >= 15 is 0 Å². The summed E-state index contributed by atoms with van der Waals surface area (Å²) in [6.45, 7) is 7.36. The molecule has 0 spiro atoms. The first-order valence-electron chi connectivity index (χ1n) is 13.3. The van der Waals surface area contributed by atoms with Crippen LogP contribution in [0.2, 0.25) is 0 Å². The van der Waals surface area contributed by atoms with Gasteiger partial charge in [0.25, 0.3) is 5.91 Å². The molecule has 2 amide bonds. The fraction of sp³-hybridized carbons (Fsp3) is 0.552. The highest BCUT2D eigenvalue weighted by Gasteiger charge is 2.37. The normalized spacial score (nSPS) is 16.1. The van der Waals surface area contributed by atoms with Gasteiger partial charge >= 0.3 is 11.9 Å². The van der Waals surface area contributed by atoms with Crippen molar-refractivity contribution in [2.75, 3.05) is 14.2 Å². The molecule has 1 aliphatic rings. The number of nitrogens with zero attached hydrogens (tertiary/aromatic N) is 2. The molecule has 1 aromatic carbocycles. The van der Waals surface area contributed by atoms with E-state index in [9.17, 15) is 19.2 Å². The topological polar surface area (TPSA) is 115 Å². The molecule has 0 unspecified atom stereocenters. The summed E-state index contributed by atoms with van der Waals surface area (Å²) in [5.74, 6) is -0.985. The molecule has 1 saturated carbocycles. The zero-order chi connectivity index (χ0) is 28.7. The summed E-state index contributed by atoms with van der Waals surface area (Å²) in [7, 11) is 3.08. The van der Waals surface area contributed by atoms with Gasteiger partial charge in [-0.3, -0.25) is 14.4 Å². The highest BCUT2D eigenvalue weighted by molar-refractivity contribution is 7.09. The number of aromatic nitrogens is 1. The molecule has 39 heavy (non-hydrogen) atoms. The van der Waals surface area contributed by atoms with Gasteiger partial charge in [0.1, 0.15) is 16.7 Å². The lowest BCUT2D eigenvalue weighted by Crippen LogP contribution is -2.44. The fourth-order valence-corrected chi connectivity index (χ4v) is 5.58. The Kier molecular flexibility index (Phi) is 10.6. The average molecular weight is 558 g/mol. The van der Waals surface area contributed by atoms with Gasteiger partial charge in [0.15, 0.2) is 6.10 Å². The van der Waals surface area contributed by atoms with Crippen molar-refractivity contribution in [2.45, 2.75) is 71.6 Å². The minimum absolute atomic E-state index is 0.0442. The van der Waals surface area contributed by atoms with Crippen LogP contribution in [0.15, 0.2) is 35.7 Å². The first kappa shape index (κ1) is 30.3. The molecule has 2 aromatic rings. The van der Waals surface area contributed by atoms with Crippen LogP contribution in [0.3, 0.4) is 0 Å². The second-order valence-electron chi connectivity index (χ2n) is 10.5. The van der Waals surface area contributed by atoms with Crippen molar-refractivity contribution < 1.29 is 28.7 Å². The van der Waals surface area contributed by atoms with Crippen molar-refractivity contribution in [3.05, 3.63) is 52.0 Å². The maximum Gasteiger partial charge on any atom is 0.328 e. The summed E-state index contributed by atoms with van der Waals surface area (Å²) in [5, 5.41) is 4.75. The summed E-state index contributed by atoms with van der Waals surface area (Å²) in [5.41, 5.74) is 0.985. The number of esters is 2. The van der Waals surface area contributed by atoms with Crippen molar-refractivity contribution in [3.63, 3.8) is 0 Å². The SMILES string of the molecule is COC(=O)[C@H](Cc1ccccc1)NC(=O)c1csc([C@@H](C[C@H](C(C)C)N(C)C(=O)[C@@H](C)C2CC2)OC(C)=O)n1. The number of amides is 2. The molecule has 9 nitrogen and oxygen atoms in total. The van der Waals surface area contributed by atoms with Crippen LogP contribution in [-0.4, -0.2) is 59.9 Å². The third-order valence-corrected chi connectivity index (χ3v) is 8.14. The minimum atomic E-state index is -0.891. The molecular weight excluding hydrogens is 518 g/mol. The van der Waals surface area contributed by atoms with Crippen LogP contribution in [0.1, 0.15) is 74.1 Å². The molecule has 0 aliphatic heterocycles. The molecule has 1 aromatic heterocycles. The monoisotopic (exact) mass is 557 g/mol. The number of benzene rings is 1. The number of nitrogens with one attached hydrogen (secondary N) is 1. The summed E-state index contributed by atoms with van der Waals surface area (Å²) in [6, 6.07) is 8.23. The van der Waals surface area contributed by atoms with Crippen LogP contribution >= 0.6 is 11.3 Å². The van der Waals surface area contributed by atoms with Crippen molar-refractivity contribution in [1.29, 1.82) is 0 Å². The largest absolute Gasteiger partial charge is 0.467 e. The van der Waals surface area contributed by atoms with Crippen LogP contribution in [0.4, 0.5) is 0 Å².